The Bertz CT molecular complexity index is 1910. The number of hydrogen-bond donors (Lipinski definition) is 0. The molecule has 0 atom stereocenters. The summed E-state index contributed by atoms with van der Waals surface area (Å²) in [5.41, 5.74) is 2.70. The fourth-order valence-electron chi connectivity index (χ4n) is 5.00. The molecule has 2 aromatic heterocycles. The number of para-hydroxylation sites is 1. The zero-order chi connectivity index (χ0) is 30.6. The largest absolute Gasteiger partial charge is 0.464 e. The fourth-order valence-corrected chi connectivity index (χ4v) is 6.57. The molecule has 0 N–H and O–H groups in total. The lowest BCUT2D eigenvalue weighted by Gasteiger charge is -2.28. The van der Waals surface area contributed by atoms with Crippen LogP contribution in [0.3, 0.4) is 0 Å². The molecule has 0 aliphatic rings. The molecule has 0 bridgehead atoms. The minimum atomic E-state index is -4.10. The molecule has 222 valence electrons. The Balaban J connectivity index is 1.51. The van der Waals surface area contributed by atoms with E-state index in [4.69, 9.17) is 4.42 Å². The van der Waals surface area contributed by atoms with Gasteiger partial charge in [-0.2, -0.15) is 4.31 Å². The van der Waals surface area contributed by atoms with Crippen LogP contribution in [0.15, 0.2) is 105 Å². The zero-order valence-corrected chi connectivity index (χ0v) is 25.4. The molecule has 0 saturated heterocycles. The molecule has 0 unspecified atom stereocenters. The lowest BCUT2D eigenvalue weighted by Crippen LogP contribution is -2.43. The van der Waals surface area contributed by atoms with E-state index in [9.17, 15) is 18.0 Å². The van der Waals surface area contributed by atoms with Crippen LogP contribution in [0.25, 0.3) is 21.9 Å². The van der Waals surface area contributed by atoms with Crippen molar-refractivity contribution in [1.82, 2.24) is 14.2 Å². The highest BCUT2D eigenvalue weighted by atomic mass is 32.2. The van der Waals surface area contributed by atoms with Crippen LogP contribution in [0, 0.1) is 12.8 Å². The third-order valence-corrected chi connectivity index (χ3v) is 9.29. The van der Waals surface area contributed by atoms with Crippen LogP contribution >= 0.6 is 0 Å². The second kappa shape index (κ2) is 12.9. The molecule has 9 heteroatoms. The van der Waals surface area contributed by atoms with Crippen LogP contribution < -0.4 is 5.43 Å². The second-order valence-corrected chi connectivity index (χ2v) is 13.1. The van der Waals surface area contributed by atoms with Crippen molar-refractivity contribution in [2.24, 2.45) is 5.92 Å². The Morgan fingerprint density at radius 1 is 0.953 bits per heavy atom. The summed E-state index contributed by atoms with van der Waals surface area (Å²) >= 11 is 0. The van der Waals surface area contributed by atoms with Crippen molar-refractivity contribution in [2.45, 2.75) is 45.2 Å². The Morgan fingerprint density at radius 2 is 1.72 bits per heavy atom. The van der Waals surface area contributed by atoms with Crippen molar-refractivity contribution in [1.29, 1.82) is 0 Å². The predicted octanol–water partition coefficient (Wildman–Crippen LogP) is 5.92. The number of carbonyl (C=O) groups is 1. The van der Waals surface area contributed by atoms with E-state index < -0.39 is 15.9 Å². The Kier molecular flexibility index (Phi) is 9.03. The smallest absolute Gasteiger partial charge is 0.245 e. The number of nitrogens with zero attached hydrogens (tertiary/aromatic N) is 3. The molecule has 3 aromatic carbocycles. The summed E-state index contributed by atoms with van der Waals surface area (Å²) in [6.07, 6.45) is 3.51. The quantitative estimate of drug-likeness (QED) is 0.188. The topological polar surface area (TPSA) is 101 Å². The highest BCUT2D eigenvalue weighted by molar-refractivity contribution is 7.89. The molecule has 0 saturated carbocycles. The summed E-state index contributed by atoms with van der Waals surface area (Å²) < 4.78 is 35.2. The van der Waals surface area contributed by atoms with Crippen LogP contribution in [-0.2, 0) is 27.9 Å². The van der Waals surface area contributed by atoms with E-state index in [2.05, 4.69) is 4.98 Å². The van der Waals surface area contributed by atoms with Crippen molar-refractivity contribution in [3.05, 3.63) is 118 Å². The summed E-state index contributed by atoms with van der Waals surface area (Å²) in [5, 5.41) is 1.14. The first kappa shape index (κ1) is 30.1. The van der Waals surface area contributed by atoms with Crippen LogP contribution in [-0.4, -0.2) is 41.6 Å². The number of sulfonamides is 1. The molecule has 8 nitrogen and oxygen atoms in total. The van der Waals surface area contributed by atoms with Crippen molar-refractivity contribution >= 4 is 37.8 Å². The first-order valence-electron chi connectivity index (χ1n) is 14.3. The highest BCUT2D eigenvalue weighted by Gasteiger charge is 2.31. The first-order valence-corrected chi connectivity index (χ1v) is 15.7. The number of aromatic nitrogens is 1. The van der Waals surface area contributed by atoms with Gasteiger partial charge >= 0.3 is 0 Å². The minimum absolute atomic E-state index is 0.0339. The number of rotatable bonds is 11. The van der Waals surface area contributed by atoms with Crippen molar-refractivity contribution < 1.29 is 17.6 Å². The molecule has 1 amide bonds. The summed E-state index contributed by atoms with van der Waals surface area (Å²) in [5.74, 6) is -0.210. The highest BCUT2D eigenvalue weighted by Crippen LogP contribution is 2.25. The maximum Gasteiger partial charge on any atom is 0.245 e. The lowest BCUT2D eigenvalue weighted by molar-refractivity contribution is -0.132. The molecule has 2 heterocycles. The monoisotopic (exact) mass is 597 g/mol. The number of aryl methyl sites for hydroxylation is 1. The maximum absolute atomic E-state index is 14.1. The zero-order valence-electron chi connectivity index (χ0n) is 24.6. The van der Waals surface area contributed by atoms with Crippen LogP contribution in [0.1, 0.15) is 37.0 Å². The van der Waals surface area contributed by atoms with Gasteiger partial charge < -0.3 is 9.32 Å². The van der Waals surface area contributed by atoms with Gasteiger partial charge in [0, 0.05) is 24.7 Å². The molecular weight excluding hydrogens is 562 g/mol. The Morgan fingerprint density at radius 3 is 2.49 bits per heavy atom. The SMILES string of the molecule is Cc1ccc2occ(CN(Cc3ccccc3)C(=O)CN(CCC(C)C)S(=O)(=O)c3cccc4cccnc34)c(=O)c2c1. The third kappa shape index (κ3) is 6.84. The molecule has 43 heavy (non-hydrogen) atoms. The average molecular weight is 598 g/mol. The lowest BCUT2D eigenvalue weighted by atomic mass is 10.1. The van der Waals surface area contributed by atoms with Crippen molar-refractivity contribution in [3.8, 4) is 0 Å². The average Bonchev–Trinajstić information content (AvgIpc) is 3.00. The predicted molar refractivity (Wildman–Crippen MR) is 168 cm³/mol. The van der Waals surface area contributed by atoms with Crippen LogP contribution in [0.2, 0.25) is 0 Å². The minimum Gasteiger partial charge on any atom is -0.464 e. The second-order valence-electron chi connectivity index (χ2n) is 11.2. The molecule has 0 spiro atoms. The van der Waals surface area contributed by atoms with Crippen LogP contribution in [0.5, 0.6) is 0 Å². The maximum atomic E-state index is 14.1. The molecule has 0 fully saturated rings. The molecule has 0 radical (unpaired) electrons. The number of fused-ring (bicyclic) bond motifs is 2. The van der Waals surface area contributed by atoms with E-state index >= 15 is 0 Å². The van der Waals surface area contributed by atoms with E-state index in [0.717, 1.165) is 11.1 Å². The van der Waals surface area contributed by atoms with E-state index in [0.29, 0.717) is 33.9 Å². The van der Waals surface area contributed by atoms with Gasteiger partial charge in [-0.15, -0.1) is 0 Å². The fraction of sp³-hybridized carbons (Fsp3) is 0.265. The van der Waals surface area contributed by atoms with E-state index in [-0.39, 0.29) is 42.4 Å². The van der Waals surface area contributed by atoms with Gasteiger partial charge in [0.25, 0.3) is 0 Å². The number of amides is 1. The van der Waals surface area contributed by atoms with Gasteiger partial charge in [-0.1, -0.05) is 74.0 Å². The van der Waals surface area contributed by atoms with Gasteiger partial charge in [0.2, 0.25) is 15.9 Å². The first-order chi connectivity index (χ1) is 20.6. The molecule has 5 aromatic rings. The Labute approximate surface area is 251 Å². The molecule has 5 rings (SSSR count). The Hall–Kier alpha value is -4.34. The number of hydrogen-bond acceptors (Lipinski definition) is 6. The normalized spacial score (nSPS) is 11.9. The summed E-state index contributed by atoms with van der Waals surface area (Å²) in [7, 11) is -4.10. The summed E-state index contributed by atoms with van der Waals surface area (Å²) in [4.78, 5) is 33.4. The van der Waals surface area contributed by atoms with E-state index in [1.54, 1.807) is 30.5 Å². The van der Waals surface area contributed by atoms with Gasteiger partial charge in [0.1, 0.15) is 10.5 Å². The van der Waals surface area contributed by atoms with E-state index in [1.807, 2.05) is 69.3 Å². The molecule has 0 aliphatic carbocycles. The summed E-state index contributed by atoms with van der Waals surface area (Å²) in [6.45, 7) is 5.85. The standard InChI is InChI=1S/C34H35N3O5S/c1-24(2)16-18-37(43(40,41)31-13-7-11-27-12-8-17-35-33(27)31)22-32(38)36(20-26-9-5-4-6-10-26)21-28-23-42-30-15-14-25(3)19-29(30)34(28)39/h4-15,17,19,23-24H,16,18,20-22H2,1-3H3. The van der Waals surface area contributed by atoms with Crippen molar-refractivity contribution in [3.63, 3.8) is 0 Å². The van der Waals surface area contributed by atoms with Gasteiger partial charge in [0.15, 0.2) is 5.43 Å². The van der Waals surface area contributed by atoms with Gasteiger partial charge in [-0.25, -0.2) is 8.42 Å². The number of benzene rings is 3. The van der Waals surface area contributed by atoms with E-state index in [1.165, 1.54) is 21.5 Å². The van der Waals surface area contributed by atoms with Crippen LogP contribution in [0.4, 0.5) is 0 Å². The van der Waals surface area contributed by atoms with Gasteiger partial charge in [-0.05, 0) is 49.1 Å². The third-order valence-electron chi connectivity index (χ3n) is 7.41. The molecule has 0 aliphatic heterocycles. The van der Waals surface area contributed by atoms with Gasteiger partial charge in [-0.3, -0.25) is 14.6 Å². The summed E-state index contributed by atoms with van der Waals surface area (Å²) in [6, 6.07) is 23.4. The number of carbonyl (C=O) groups excluding carboxylic acids is 1. The number of pyridine rings is 1. The van der Waals surface area contributed by atoms with Gasteiger partial charge in [0.05, 0.1) is 35.8 Å². The van der Waals surface area contributed by atoms with Crippen molar-refractivity contribution in [2.75, 3.05) is 13.1 Å². The molecular formula is C34H35N3O5S.